The van der Waals surface area contributed by atoms with Gasteiger partial charge in [-0.25, -0.2) is 27.3 Å². The molecule has 15 nitrogen and oxygen atoms in total. The third kappa shape index (κ3) is 8.13. The average molecular weight is 730 g/mol. The Morgan fingerprint density at radius 3 is 2.73 bits per heavy atom. The van der Waals surface area contributed by atoms with Crippen LogP contribution in [0.4, 0.5) is 26.5 Å². The number of anilines is 2. The van der Waals surface area contributed by atoms with Gasteiger partial charge in [-0.2, -0.15) is 19.3 Å². The number of fused-ring (bicyclic) bond motifs is 2. The van der Waals surface area contributed by atoms with Crippen molar-refractivity contribution in [1.29, 1.82) is 0 Å². The molecule has 2 N–H and O–H groups in total. The first-order valence-electron chi connectivity index (χ1n) is 14.3. The van der Waals surface area contributed by atoms with Crippen molar-refractivity contribution in [2.75, 3.05) is 30.5 Å². The summed E-state index contributed by atoms with van der Waals surface area (Å²) >= 11 is 7.05. The van der Waals surface area contributed by atoms with E-state index < -0.39 is 21.9 Å². The van der Waals surface area contributed by atoms with Gasteiger partial charge in [-0.3, -0.25) is 15.0 Å². The van der Waals surface area contributed by atoms with Gasteiger partial charge < -0.3 is 14.0 Å². The molecule has 256 valence electrons. The van der Waals surface area contributed by atoms with E-state index in [9.17, 15) is 22.4 Å². The number of methoxy groups -OCH3 is 1. The Balaban J connectivity index is 0.000000193. The maximum atomic E-state index is 14.5. The average Bonchev–Trinajstić information content (AvgIpc) is 3.53. The summed E-state index contributed by atoms with van der Waals surface area (Å²) in [6.45, 7) is 6.62. The Kier molecular flexibility index (Phi) is 10.2. The van der Waals surface area contributed by atoms with Crippen molar-refractivity contribution in [3.63, 3.8) is 0 Å². The number of nitrogens with zero attached hydrogens (tertiary/aromatic N) is 7. The van der Waals surface area contributed by atoms with Gasteiger partial charge >= 0.3 is 12.0 Å². The molecule has 19 heteroatoms. The van der Waals surface area contributed by atoms with E-state index in [1.807, 2.05) is 9.29 Å². The highest BCUT2D eigenvalue weighted by Gasteiger charge is 2.31. The molecule has 2 aromatic carbocycles. The summed E-state index contributed by atoms with van der Waals surface area (Å²) in [6, 6.07) is 7.42. The van der Waals surface area contributed by atoms with Crippen LogP contribution in [0.25, 0.3) is 0 Å². The lowest BCUT2D eigenvalue weighted by Gasteiger charge is -2.28. The van der Waals surface area contributed by atoms with Gasteiger partial charge in [-0.05, 0) is 30.5 Å². The molecule has 0 saturated carbocycles. The SMILES string of the molecule is C#CCN1C(=O)COc2cc(F)c(N=c3snc4n3CC(C)(C)C4)cc21.COc1nc(C)nc(NC(=O)NS(=O)(=O)c2ccccc2Cl)n1. The van der Waals surface area contributed by atoms with Gasteiger partial charge in [0.25, 0.3) is 15.9 Å². The highest BCUT2D eigenvalue weighted by molar-refractivity contribution is 7.90. The number of aryl methyl sites for hydroxylation is 1. The Labute approximate surface area is 289 Å². The largest absolute Gasteiger partial charge is 0.481 e. The monoisotopic (exact) mass is 729 g/mol. The fourth-order valence-corrected chi connectivity index (χ4v) is 7.00. The van der Waals surface area contributed by atoms with Gasteiger partial charge in [0.2, 0.25) is 10.7 Å². The maximum Gasteiger partial charge on any atom is 0.335 e. The first-order valence-corrected chi connectivity index (χ1v) is 17.0. The number of carbonyl (C=O) groups excluding carboxylic acids is 2. The molecule has 0 atom stereocenters. The van der Waals surface area contributed by atoms with Crippen molar-refractivity contribution in [2.45, 2.75) is 38.6 Å². The number of urea groups is 1. The predicted octanol–water partition coefficient (Wildman–Crippen LogP) is 3.61. The molecule has 4 heterocycles. The van der Waals surface area contributed by atoms with Crippen LogP contribution in [0.1, 0.15) is 25.5 Å². The lowest BCUT2D eigenvalue weighted by Crippen LogP contribution is -2.39. The molecule has 0 saturated heterocycles. The van der Waals surface area contributed by atoms with E-state index in [0.29, 0.717) is 22.1 Å². The van der Waals surface area contributed by atoms with Gasteiger partial charge in [0.05, 0.1) is 24.4 Å². The van der Waals surface area contributed by atoms with Gasteiger partial charge in [-0.15, -0.1) is 6.42 Å². The summed E-state index contributed by atoms with van der Waals surface area (Å²) in [5.74, 6) is 3.06. The molecule has 0 radical (unpaired) electrons. The molecule has 2 aliphatic heterocycles. The summed E-state index contributed by atoms with van der Waals surface area (Å²) in [7, 11) is -2.78. The van der Waals surface area contributed by atoms with Crippen LogP contribution in [-0.2, 0) is 27.8 Å². The predicted molar refractivity (Wildman–Crippen MR) is 178 cm³/mol. The maximum absolute atomic E-state index is 14.5. The van der Waals surface area contributed by atoms with Gasteiger partial charge in [0.15, 0.2) is 12.4 Å². The molecule has 4 aromatic rings. The van der Waals surface area contributed by atoms with Crippen LogP contribution in [0.5, 0.6) is 11.8 Å². The van der Waals surface area contributed by atoms with Crippen LogP contribution in [0.2, 0.25) is 5.02 Å². The lowest BCUT2D eigenvalue weighted by molar-refractivity contribution is -0.121. The number of sulfonamides is 1. The smallest absolute Gasteiger partial charge is 0.335 e. The first kappa shape index (κ1) is 35.2. The van der Waals surface area contributed by atoms with Crippen molar-refractivity contribution < 1.29 is 31.9 Å². The minimum atomic E-state index is -4.13. The molecule has 0 bridgehead atoms. The second-order valence-corrected chi connectivity index (χ2v) is 14.1. The molecule has 0 spiro atoms. The molecule has 0 aliphatic carbocycles. The number of hydrogen-bond acceptors (Lipinski definition) is 12. The molecular formula is C30H29ClFN9O6S2. The first-order chi connectivity index (χ1) is 23.2. The number of terminal acetylenes is 1. The minimum absolute atomic E-state index is 0.00882. The van der Waals surface area contributed by atoms with E-state index in [0.717, 1.165) is 18.8 Å². The summed E-state index contributed by atoms with van der Waals surface area (Å²) in [4.78, 5) is 41.6. The third-order valence-corrected chi connectivity index (χ3v) is 9.53. The number of carbonyl (C=O) groups is 2. The van der Waals surface area contributed by atoms with E-state index in [4.69, 9.17) is 27.5 Å². The van der Waals surface area contributed by atoms with Crippen molar-refractivity contribution >= 4 is 62.4 Å². The highest BCUT2D eigenvalue weighted by Crippen LogP contribution is 2.37. The van der Waals surface area contributed by atoms with Crippen molar-refractivity contribution in [3.05, 3.63) is 63.7 Å². The normalized spacial score (nSPS) is 14.8. The van der Waals surface area contributed by atoms with E-state index in [2.05, 4.69) is 49.4 Å². The number of hydrogen-bond donors (Lipinski definition) is 2. The number of nitrogens with one attached hydrogen (secondary N) is 2. The van der Waals surface area contributed by atoms with E-state index in [1.165, 1.54) is 53.9 Å². The van der Waals surface area contributed by atoms with Crippen LogP contribution in [0.3, 0.4) is 0 Å². The molecule has 0 unspecified atom stereocenters. The van der Waals surface area contributed by atoms with Crippen LogP contribution >= 0.6 is 23.1 Å². The molecule has 2 aromatic heterocycles. The number of rotatable bonds is 6. The molecular weight excluding hydrogens is 701 g/mol. The number of halogens is 2. The zero-order chi connectivity index (χ0) is 35.5. The van der Waals surface area contributed by atoms with E-state index >= 15 is 0 Å². The Morgan fingerprint density at radius 1 is 1.27 bits per heavy atom. The quantitative estimate of drug-likeness (QED) is 0.278. The Bertz CT molecular complexity index is 2170. The van der Waals surface area contributed by atoms with Crippen LogP contribution in [-0.4, -0.2) is 64.5 Å². The number of ether oxygens (including phenoxy) is 2. The van der Waals surface area contributed by atoms with Gasteiger partial charge in [0, 0.05) is 30.6 Å². The second-order valence-electron chi connectivity index (χ2n) is 11.3. The molecule has 2 aliphatic rings. The number of benzene rings is 2. The molecule has 49 heavy (non-hydrogen) atoms. The number of amides is 3. The van der Waals surface area contributed by atoms with Crippen molar-refractivity contribution in [2.24, 2.45) is 10.4 Å². The standard InChI is InChI=1S/C18H17FN4O2S.C12H12ClN5O4S/c1-4-5-22-13-7-12(11(19)6-14(13)25-9-16(22)24)20-17-23-10-18(2,3)8-15(23)21-26-17;1-7-14-10(17-12(15-7)22-2)16-11(19)18-23(20,21)9-6-4-3-5-8(9)13/h1,6-7H,5,8-10H2,2-3H3;3-6H,1-2H3,(H2,14,15,16,17,18,19). The molecule has 0 fully saturated rings. The summed E-state index contributed by atoms with van der Waals surface area (Å²) in [5.41, 5.74) is 0.678. The van der Waals surface area contributed by atoms with Gasteiger partial charge in [0.1, 0.15) is 28.0 Å². The Morgan fingerprint density at radius 2 is 2.02 bits per heavy atom. The zero-order valence-electron chi connectivity index (χ0n) is 26.5. The van der Waals surface area contributed by atoms with E-state index in [1.54, 1.807) is 13.0 Å². The summed E-state index contributed by atoms with van der Waals surface area (Å²) in [5, 5.41) is 2.18. The fraction of sp³-hybridized carbons (Fsp3) is 0.300. The number of aromatic nitrogens is 5. The van der Waals surface area contributed by atoms with Crippen molar-refractivity contribution in [3.8, 4) is 24.1 Å². The topological polar surface area (TPSA) is 183 Å². The summed E-state index contributed by atoms with van der Waals surface area (Å²) in [6.07, 6.45) is 6.22. The lowest BCUT2D eigenvalue weighted by atomic mass is 9.92. The van der Waals surface area contributed by atoms with E-state index in [-0.39, 0.29) is 52.0 Å². The minimum Gasteiger partial charge on any atom is -0.481 e. The van der Waals surface area contributed by atoms with Crippen LogP contribution in [0, 0.1) is 30.5 Å². The third-order valence-electron chi connectivity index (χ3n) is 6.92. The van der Waals surface area contributed by atoms with Crippen LogP contribution < -0.4 is 29.2 Å². The Hall–Kier alpha value is -5.12. The molecule has 3 amide bonds. The highest BCUT2D eigenvalue weighted by atomic mass is 35.5. The second kappa shape index (κ2) is 14.2. The van der Waals surface area contributed by atoms with Crippen LogP contribution in [0.15, 0.2) is 46.3 Å². The fourth-order valence-electron chi connectivity index (χ4n) is 4.82. The van der Waals surface area contributed by atoms with Gasteiger partial charge in [-0.1, -0.05) is 43.5 Å². The summed E-state index contributed by atoms with van der Waals surface area (Å²) < 4.78 is 57.2. The molecule has 6 rings (SSSR count). The van der Waals surface area contributed by atoms with Crippen molar-refractivity contribution in [1.82, 2.24) is 28.6 Å². The zero-order valence-corrected chi connectivity index (χ0v) is 28.9.